The van der Waals surface area contributed by atoms with E-state index < -0.39 is 20.5 Å². The molecule has 1 aliphatic carbocycles. The molecule has 1 atom stereocenters. The summed E-state index contributed by atoms with van der Waals surface area (Å²) in [5.41, 5.74) is 1.06. The molecule has 2 aliphatic rings. The molecule has 0 aromatic carbocycles. The molecule has 3 rings (SSSR count). The lowest BCUT2D eigenvalue weighted by molar-refractivity contribution is -0.119. The Morgan fingerprint density at radius 1 is 1.38 bits per heavy atom. The van der Waals surface area contributed by atoms with Crippen molar-refractivity contribution in [2.24, 2.45) is 5.92 Å². The molecular weight excluding hydrogens is 370 g/mol. The van der Waals surface area contributed by atoms with Gasteiger partial charge in [-0.05, 0) is 51.1 Å². The van der Waals surface area contributed by atoms with Crippen LogP contribution >= 0.6 is 23.7 Å². The lowest BCUT2D eigenvalue weighted by atomic mass is 9.93. The number of nitrogens with one attached hydrogen (secondary N) is 2. The summed E-state index contributed by atoms with van der Waals surface area (Å²) < 4.78 is 23.2. The molecule has 2 N–H and O–H groups in total. The van der Waals surface area contributed by atoms with Gasteiger partial charge in [0.05, 0.1) is 5.69 Å². The van der Waals surface area contributed by atoms with E-state index in [0.717, 1.165) is 31.2 Å². The van der Waals surface area contributed by atoms with Crippen LogP contribution in [0.25, 0.3) is 0 Å². The van der Waals surface area contributed by atoms with Crippen LogP contribution in [0.1, 0.15) is 36.8 Å². The third-order valence-corrected chi connectivity index (χ3v) is 7.99. The molecule has 0 bridgehead atoms. The summed E-state index contributed by atoms with van der Waals surface area (Å²) in [7, 11) is -3.49. The summed E-state index contributed by atoms with van der Waals surface area (Å²) >= 11 is 1.49. The van der Waals surface area contributed by atoms with E-state index in [1.165, 1.54) is 16.2 Å². The van der Waals surface area contributed by atoms with Crippen LogP contribution in [0.5, 0.6) is 0 Å². The number of nitrogens with zero attached hydrogens (tertiary/aromatic N) is 1. The molecule has 2 heterocycles. The van der Waals surface area contributed by atoms with E-state index in [9.17, 15) is 13.2 Å². The Morgan fingerprint density at radius 2 is 2.04 bits per heavy atom. The van der Waals surface area contributed by atoms with E-state index in [1.807, 2.05) is 0 Å². The first-order chi connectivity index (χ1) is 10.8. The van der Waals surface area contributed by atoms with Crippen molar-refractivity contribution in [1.82, 2.24) is 10.3 Å². The fourth-order valence-corrected chi connectivity index (χ4v) is 5.90. The fraction of sp³-hybridized carbons (Fsp3) is 0.733. The number of anilines is 1. The molecule has 0 saturated carbocycles. The molecule has 1 unspecified atom stereocenters. The van der Waals surface area contributed by atoms with Crippen molar-refractivity contribution in [2.75, 3.05) is 24.7 Å². The molecule has 6 nitrogen and oxygen atoms in total. The number of hydrogen-bond donors (Lipinski definition) is 2. The Balaban J connectivity index is 0.00000208. The topological polar surface area (TPSA) is 88.2 Å². The van der Waals surface area contributed by atoms with Crippen molar-refractivity contribution in [1.29, 1.82) is 0 Å². The number of aryl methyl sites for hydroxylation is 1. The number of hydrogen-bond acceptors (Lipinski definition) is 6. The van der Waals surface area contributed by atoms with Crippen molar-refractivity contribution < 1.29 is 13.2 Å². The van der Waals surface area contributed by atoms with Crippen molar-refractivity contribution in [3.8, 4) is 0 Å². The zero-order valence-electron chi connectivity index (χ0n) is 13.9. The summed E-state index contributed by atoms with van der Waals surface area (Å²) in [6.45, 7) is 3.29. The summed E-state index contributed by atoms with van der Waals surface area (Å²) in [5.74, 6) is 0.207. The minimum atomic E-state index is -3.49. The molecule has 1 aromatic rings. The number of rotatable bonds is 3. The van der Waals surface area contributed by atoms with Crippen LogP contribution in [0.2, 0.25) is 0 Å². The number of piperidine rings is 1. The number of aromatic nitrogens is 1. The standard InChI is InChI=1S/C15H23N3O3S2.ClH/c1-10-3-4-11-12(9-10)22-14(17-11)18-13(19)15(23(2,20)21)5-7-16-8-6-15;/h10,16H,3-9H2,1-2H3,(H,17,18,19);1H. The molecule has 0 spiro atoms. The van der Waals surface area contributed by atoms with Gasteiger partial charge in [-0.2, -0.15) is 0 Å². The van der Waals surface area contributed by atoms with Crippen LogP contribution < -0.4 is 10.6 Å². The van der Waals surface area contributed by atoms with E-state index in [1.54, 1.807) is 0 Å². The predicted molar refractivity (Wildman–Crippen MR) is 98.9 cm³/mol. The van der Waals surface area contributed by atoms with Gasteiger partial charge >= 0.3 is 0 Å². The maximum atomic E-state index is 12.8. The maximum Gasteiger partial charge on any atom is 0.247 e. The zero-order valence-corrected chi connectivity index (χ0v) is 16.4. The van der Waals surface area contributed by atoms with Gasteiger partial charge in [0.1, 0.15) is 0 Å². The summed E-state index contributed by atoms with van der Waals surface area (Å²) in [6.07, 6.45) is 4.81. The fourth-order valence-electron chi connectivity index (χ4n) is 3.40. The van der Waals surface area contributed by atoms with Crippen molar-refractivity contribution >= 4 is 44.6 Å². The van der Waals surface area contributed by atoms with Gasteiger partial charge in [0.15, 0.2) is 19.7 Å². The van der Waals surface area contributed by atoms with E-state index in [2.05, 4.69) is 22.5 Å². The van der Waals surface area contributed by atoms with Gasteiger partial charge in [-0.1, -0.05) is 6.92 Å². The van der Waals surface area contributed by atoms with Gasteiger partial charge in [-0.3, -0.25) is 4.79 Å². The molecule has 24 heavy (non-hydrogen) atoms. The molecule has 1 fully saturated rings. The lowest BCUT2D eigenvalue weighted by Gasteiger charge is -2.33. The van der Waals surface area contributed by atoms with Crippen molar-refractivity contribution in [3.05, 3.63) is 10.6 Å². The summed E-state index contributed by atoms with van der Waals surface area (Å²) in [6, 6.07) is 0. The first-order valence-electron chi connectivity index (χ1n) is 8.02. The quantitative estimate of drug-likeness (QED) is 0.817. The largest absolute Gasteiger partial charge is 0.317 e. The number of amides is 1. The SMILES string of the molecule is CC1CCc2nc(NC(=O)C3(S(C)(=O)=O)CCNCC3)sc2C1.Cl. The third-order valence-electron chi connectivity index (χ3n) is 4.94. The Morgan fingerprint density at radius 3 is 2.67 bits per heavy atom. The molecule has 1 aromatic heterocycles. The van der Waals surface area contributed by atoms with E-state index in [4.69, 9.17) is 0 Å². The van der Waals surface area contributed by atoms with E-state index >= 15 is 0 Å². The molecule has 136 valence electrons. The van der Waals surface area contributed by atoms with Gasteiger partial charge < -0.3 is 10.6 Å². The first kappa shape index (κ1) is 19.6. The highest BCUT2D eigenvalue weighted by Crippen LogP contribution is 2.34. The number of fused-ring (bicyclic) bond motifs is 1. The third kappa shape index (κ3) is 3.61. The second-order valence-electron chi connectivity index (χ2n) is 6.71. The molecule has 0 radical (unpaired) electrons. The second kappa shape index (κ2) is 7.27. The molecular formula is C15H24ClN3O3S2. The number of halogens is 1. The monoisotopic (exact) mass is 393 g/mol. The van der Waals surface area contributed by atoms with Gasteiger partial charge in [-0.25, -0.2) is 13.4 Å². The Hall–Kier alpha value is -0.700. The van der Waals surface area contributed by atoms with Gasteiger partial charge in [0, 0.05) is 11.1 Å². The first-order valence-corrected chi connectivity index (χ1v) is 10.7. The van der Waals surface area contributed by atoms with Crippen LogP contribution in [-0.2, 0) is 27.5 Å². The smallest absolute Gasteiger partial charge is 0.247 e. The molecule has 1 aliphatic heterocycles. The number of carbonyl (C=O) groups is 1. The normalized spacial score (nSPS) is 23.0. The number of carbonyl (C=O) groups excluding carboxylic acids is 1. The lowest BCUT2D eigenvalue weighted by Crippen LogP contribution is -2.55. The van der Waals surface area contributed by atoms with Crippen molar-refractivity contribution in [3.63, 3.8) is 0 Å². The highest BCUT2D eigenvalue weighted by Gasteiger charge is 2.48. The van der Waals surface area contributed by atoms with Crippen molar-refractivity contribution in [2.45, 2.75) is 43.8 Å². The maximum absolute atomic E-state index is 12.8. The van der Waals surface area contributed by atoms with Crippen LogP contribution in [-0.4, -0.2) is 43.4 Å². The zero-order chi connectivity index (χ0) is 16.7. The minimum Gasteiger partial charge on any atom is -0.317 e. The highest BCUT2D eigenvalue weighted by molar-refractivity contribution is 7.92. The van der Waals surface area contributed by atoms with Crippen LogP contribution in [0.4, 0.5) is 5.13 Å². The summed E-state index contributed by atoms with van der Waals surface area (Å²) in [5, 5.41) is 6.45. The average molecular weight is 394 g/mol. The average Bonchev–Trinajstić information content (AvgIpc) is 2.88. The Bertz CT molecular complexity index is 712. The Kier molecular flexibility index (Phi) is 5.95. The summed E-state index contributed by atoms with van der Waals surface area (Å²) in [4.78, 5) is 18.5. The van der Waals surface area contributed by atoms with Gasteiger partial charge in [-0.15, -0.1) is 23.7 Å². The minimum absolute atomic E-state index is 0. The van der Waals surface area contributed by atoms with Gasteiger partial charge in [0.2, 0.25) is 5.91 Å². The predicted octanol–water partition coefficient (Wildman–Crippen LogP) is 1.79. The van der Waals surface area contributed by atoms with E-state index in [-0.39, 0.29) is 12.4 Å². The highest BCUT2D eigenvalue weighted by atomic mass is 35.5. The Labute approximate surface area is 153 Å². The van der Waals surface area contributed by atoms with Gasteiger partial charge in [0.25, 0.3) is 0 Å². The molecule has 1 amide bonds. The van der Waals surface area contributed by atoms with Crippen LogP contribution in [0, 0.1) is 5.92 Å². The number of thiazole rings is 1. The second-order valence-corrected chi connectivity index (χ2v) is 10.1. The molecule has 1 saturated heterocycles. The molecule has 9 heteroatoms. The van der Waals surface area contributed by atoms with E-state index in [0.29, 0.717) is 37.0 Å². The van der Waals surface area contributed by atoms with Crippen LogP contribution in [0.15, 0.2) is 0 Å². The number of sulfone groups is 1. The van der Waals surface area contributed by atoms with Crippen LogP contribution in [0.3, 0.4) is 0 Å².